The molecule has 2 atom stereocenters. The molecule has 2 aliphatic heterocycles. The number of methoxy groups -OCH3 is 1. The maximum absolute atomic E-state index is 13.8. The minimum atomic E-state index is -0.811. The van der Waals surface area contributed by atoms with Crippen molar-refractivity contribution in [1.29, 1.82) is 0 Å². The third-order valence-electron chi connectivity index (χ3n) is 5.56. The third kappa shape index (κ3) is 3.67. The first-order valence-corrected chi connectivity index (χ1v) is 9.79. The van der Waals surface area contributed by atoms with Crippen molar-refractivity contribution >= 4 is 11.8 Å². The Balaban J connectivity index is 1.66. The smallest absolute Gasteiger partial charge is 0.276 e. The summed E-state index contributed by atoms with van der Waals surface area (Å²) in [7, 11) is 1.25. The van der Waals surface area contributed by atoms with E-state index in [1.807, 2.05) is 6.92 Å². The summed E-state index contributed by atoms with van der Waals surface area (Å²) < 4.78 is 39.3. The van der Waals surface area contributed by atoms with Crippen LogP contribution in [0, 0.1) is 11.6 Å². The van der Waals surface area contributed by atoms with Gasteiger partial charge in [-0.3, -0.25) is 14.4 Å². The van der Waals surface area contributed by atoms with E-state index in [1.165, 1.54) is 23.9 Å². The molecular formula is C21H21F2N3O5. The molecular weight excluding hydrogens is 412 g/mol. The summed E-state index contributed by atoms with van der Waals surface area (Å²) in [6.45, 7) is 2.39. The average Bonchev–Trinajstić information content (AvgIpc) is 2.73. The predicted octanol–water partition coefficient (Wildman–Crippen LogP) is 1.66. The predicted molar refractivity (Wildman–Crippen MR) is 105 cm³/mol. The molecule has 1 aromatic heterocycles. The number of fused-ring (bicyclic) bond motifs is 2. The second kappa shape index (κ2) is 8.10. The zero-order valence-electron chi connectivity index (χ0n) is 17.0. The fourth-order valence-electron chi connectivity index (χ4n) is 3.93. The first kappa shape index (κ1) is 21.0. The Morgan fingerprint density at radius 3 is 2.81 bits per heavy atom. The topological polar surface area (TPSA) is 89.9 Å². The van der Waals surface area contributed by atoms with Crippen molar-refractivity contribution in [3.05, 3.63) is 63.1 Å². The monoisotopic (exact) mass is 433 g/mol. The highest BCUT2D eigenvalue weighted by atomic mass is 19.1. The van der Waals surface area contributed by atoms with Crippen LogP contribution in [0.15, 0.2) is 29.2 Å². The van der Waals surface area contributed by atoms with Gasteiger partial charge in [-0.05, 0) is 19.4 Å². The van der Waals surface area contributed by atoms with E-state index < -0.39 is 35.1 Å². The standard InChI is InChI=1S/C21H21F2N3O5/c1-11-5-6-31-16-10-25-9-14(18(27)19(30-2)17(25)21(29)26(11)16)20(28)24-8-12-3-4-13(22)7-15(12)23/h3-4,7,9,11,16H,5-6,8,10H2,1-2H3,(H,24,28)/t11-,16+/m1/s1. The van der Waals surface area contributed by atoms with E-state index in [-0.39, 0.29) is 41.7 Å². The molecule has 164 valence electrons. The molecule has 0 radical (unpaired) electrons. The summed E-state index contributed by atoms with van der Waals surface area (Å²) in [4.78, 5) is 40.2. The molecule has 2 aliphatic rings. The number of nitrogens with one attached hydrogen (secondary N) is 1. The first-order chi connectivity index (χ1) is 14.8. The Bertz CT molecular complexity index is 1120. The number of carbonyl (C=O) groups is 2. The number of ether oxygens (including phenoxy) is 2. The van der Waals surface area contributed by atoms with Crippen molar-refractivity contribution in [3.8, 4) is 5.75 Å². The van der Waals surface area contributed by atoms with E-state index >= 15 is 0 Å². The van der Waals surface area contributed by atoms with Crippen LogP contribution in [0.5, 0.6) is 5.75 Å². The molecule has 0 bridgehead atoms. The van der Waals surface area contributed by atoms with Gasteiger partial charge < -0.3 is 24.3 Å². The van der Waals surface area contributed by atoms with Gasteiger partial charge >= 0.3 is 0 Å². The maximum atomic E-state index is 13.8. The summed E-state index contributed by atoms with van der Waals surface area (Å²) in [5, 5.41) is 2.45. The number of pyridine rings is 1. The van der Waals surface area contributed by atoms with Crippen LogP contribution in [0.2, 0.25) is 0 Å². The van der Waals surface area contributed by atoms with Crippen LogP contribution in [0.4, 0.5) is 8.78 Å². The summed E-state index contributed by atoms with van der Waals surface area (Å²) in [5.74, 6) is -2.95. The molecule has 1 fully saturated rings. The lowest BCUT2D eigenvalue weighted by molar-refractivity contribution is -0.112. The Morgan fingerprint density at radius 2 is 2.10 bits per heavy atom. The molecule has 8 nitrogen and oxygen atoms in total. The van der Waals surface area contributed by atoms with Crippen molar-refractivity contribution in [2.24, 2.45) is 0 Å². The summed E-state index contributed by atoms with van der Waals surface area (Å²) in [5.41, 5.74) is -0.881. The quantitative estimate of drug-likeness (QED) is 0.792. The Labute approximate surface area is 176 Å². The summed E-state index contributed by atoms with van der Waals surface area (Å²) in [6.07, 6.45) is 1.45. The lowest BCUT2D eigenvalue weighted by Crippen LogP contribution is -2.57. The van der Waals surface area contributed by atoms with E-state index in [4.69, 9.17) is 9.47 Å². The highest BCUT2D eigenvalue weighted by molar-refractivity contribution is 5.99. The number of benzene rings is 1. The van der Waals surface area contributed by atoms with Crippen molar-refractivity contribution in [2.45, 2.75) is 38.7 Å². The first-order valence-electron chi connectivity index (χ1n) is 9.79. The Morgan fingerprint density at radius 1 is 1.32 bits per heavy atom. The lowest BCUT2D eigenvalue weighted by Gasteiger charge is -2.44. The van der Waals surface area contributed by atoms with Gasteiger partial charge in [0.05, 0.1) is 20.3 Å². The normalized spacial score (nSPS) is 20.1. The number of nitrogens with zero attached hydrogens (tertiary/aromatic N) is 2. The van der Waals surface area contributed by atoms with Crippen LogP contribution in [0.25, 0.3) is 0 Å². The Hall–Kier alpha value is -3.27. The van der Waals surface area contributed by atoms with Gasteiger partial charge in [-0.15, -0.1) is 0 Å². The van der Waals surface area contributed by atoms with Gasteiger partial charge in [0.2, 0.25) is 5.43 Å². The lowest BCUT2D eigenvalue weighted by atomic mass is 10.1. The van der Waals surface area contributed by atoms with E-state index in [1.54, 1.807) is 4.90 Å². The summed E-state index contributed by atoms with van der Waals surface area (Å²) >= 11 is 0. The van der Waals surface area contributed by atoms with Gasteiger partial charge in [0.15, 0.2) is 17.7 Å². The second-order valence-corrected chi connectivity index (χ2v) is 7.50. The molecule has 2 aromatic rings. The SMILES string of the molecule is COc1c2n(cc(C(=O)NCc3ccc(F)cc3F)c1=O)C[C@@H]1OCC[C@@H](C)N1C2=O. The van der Waals surface area contributed by atoms with Gasteiger partial charge in [-0.1, -0.05) is 6.07 Å². The molecule has 0 unspecified atom stereocenters. The van der Waals surface area contributed by atoms with E-state index in [2.05, 4.69) is 5.32 Å². The zero-order valence-corrected chi connectivity index (χ0v) is 17.0. The molecule has 10 heteroatoms. The van der Waals surface area contributed by atoms with Crippen LogP contribution < -0.4 is 15.5 Å². The molecule has 3 heterocycles. The number of carbonyl (C=O) groups excluding carboxylic acids is 2. The number of hydrogen-bond donors (Lipinski definition) is 1. The van der Waals surface area contributed by atoms with Crippen molar-refractivity contribution in [2.75, 3.05) is 13.7 Å². The molecule has 2 amide bonds. The molecule has 31 heavy (non-hydrogen) atoms. The number of rotatable bonds is 4. The van der Waals surface area contributed by atoms with Gasteiger partial charge in [-0.25, -0.2) is 8.78 Å². The molecule has 0 aliphatic carbocycles. The Kier molecular flexibility index (Phi) is 5.48. The molecule has 1 aromatic carbocycles. The van der Waals surface area contributed by atoms with E-state index in [0.29, 0.717) is 19.1 Å². The fraction of sp³-hybridized carbons (Fsp3) is 0.381. The van der Waals surface area contributed by atoms with Crippen molar-refractivity contribution in [3.63, 3.8) is 0 Å². The summed E-state index contributed by atoms with van der Waals surface area (Å²) in [6, 6.07) is 2.93. The highest BCUT2D eigenvalue weighted by Crippen LogP contribution is 2.29. The van der Waals surface area contributed by atoms with E-state index in [0.717, 1.165) is 6.07 Å². The molecule has 1 N–H and O–H groups in total. The van der Waals surface area contributed by atoms with Crippen LogP contribution in [0.1, 0.15) is 39.8 Å². The second-order valence-electron chi connectivity index (χ2n) is 7.50. The molecule has 4 rings (SSSR count). The number of hydrogen-bond acceptors (Lipinski definition) is 5. The number of amides is 2. The number of aromatic nitrogens is 1. The van der Waals surface area contributed by atoms with Crippen LogP contribution >= 0.6 is 0 Å². The maximum Gasteiger partial charge on any atom is 0.276 e. The largest absolute Gasteiger partial charge is 0.491 e. The minimum absolute atomic E-state index is 0.0576. The molecule has 0 saturated carbocycles. The van der Waals surface area contributed by atoms with Gasteiger partial charge in [0.1, 0.15) is 17.2 Å². The highest BCUT2D eigenvalue weighted by Gasteiger charge is 2.41. The van der Waals surface area contributed by atoms with E-state index in [9.17, 15) is 23.2 Å². The number of halogens is 2. The minimum Gasteiger partial charge on any atom is -0.491 e. The van der Waals surface area contributed by atoms with Crippen molar-refractivity contribution in [1.82, 2.24) is 14.8 Å². The molecule has 0 spiro atoms. The van der Waals surface area contributed by atoms with Crippen LogP contribution in [0.3, 0.4) is 0 Å². The van der Waals surface area contributed by atoms with Crippen molar-refractivity contribution < 1.29 is 27.8 Å². The van der Waals surface area contributed by atoms with Crippen LogP contribution in [-0.4, -0.2) is 47.3 Å². The average molecular weight is 433 g/mol. The van der Waals surface area contributed by atoms with Gasteiger partial charge in [-0.2, -0.15) is 0 Å². The third-order valence-corrected chi connectivity index (χ3v) is 5.56. The fourth-order valence-corrected chi connectivity index (χ4v) is 3.93. The molecule has 1 saturated heterocycles. The van der Waals surface area contributed by atoms with Crippen LogP contribution in [-0.2, 0) is 17.8 Å². The van der Waals surface area contributed by atoms with Gasteiger partial charge in [0.25, 0.3) is 11.8 Å². The van der Waals surface area contributed by atoms with Gasteiger partial charge in [0, 0.05) is 30.4 Å². The zero-order chi connectivity index (χ0) is 22.3.